The Morgan fingerprint density at radius 3 is 2.10 bits per heavy atom. The van der Waals surface area contributed by atoms with Crippen molar-refractivity contribution in [2.75, 3.05) is 41.5 Å². The monoisotopic (exact) mass is 922 g/mol. The Balaban J connectivity index is 1.09. The van der Waals surface area contributed by atoms with Gasteiger partial charge in [0.15, 0.2) is 5.60 Å². The van der Waals surface area contributed by atoms with Crippen LogP contribution in [0, 0.1) is 5.92 Å². The van der Waals surface area contributed by atoms with Gasteiger partial charge in [0.1, 0.15) is 5.75 Å². The fraction of sp³-hybridized carbons (Fsp3) is 0.463. The lowest BCUT2D eigenvalue weighted by Gasteiger charge is -2.37. The standard InChI is InChI=1S/C54H66N6O6Si/c1-38-52(67(3,4)44-27-25-43(65-2)26-28-44)49(30-33-57-36-47(55-56-57)45(37-61)40-16-10-9-11-17-40)66-54(38)46-34-42(59-32-15-8-6-13-19-51(59)63)24-29-48(46)60(53(54)64)35-39-20-22-41(23-21-39)58-31-14-7-5-12-18-50(58)62/h9-11,16-17,20-29,34,36,38,45,49,52,61H,5-8,12-15,18-19,30-33,35,37H2,1-4H3/t38-,45?,49+,52-,54+/m1/s1. The minimum Gasteiger partial charge on any atom is -0.497 e. The molecule has 1 spiro atoms. The van der Waals surface area contributed by atoms with Crippen LogP contribution >= 0.6 is 0 Å². The van der Waals surface area contributed by atoms with E-state index in [1.54, 1.807) is 7.11 Å². The molecule has 1 N–H and O–H groups in total. The van der Waals surface area contributed by atoms with Crippen LogP contribution in [0.2, 0.25) is 18.6 Å². The molecule has 5 aromatic rings. The quantitative estimate of drug-likeness (QED) is 0.116. The van der Waals surface area contributed by atoms with Crippen LogP contribution < -0.4 is 24.6 Å². The van der Waals surface area contributed by atoms with Crippen molar-refractivity contribution in [2.24, 2.45) is 5.92 Å². The number of aliphatic hydroxyl groups excluding tert-OH is 1. The molecule has 1 unspecified atom stereocenters. The number of benzene rings is 4. The maximum Gasteiger partial charge on any atom is 0.264 e. The predicted molar refractivity (Wildman–Crippen MR) is 265 cm³/mol. The van der Waals surface area contributed by atoms with Crippen LogP contribution in [0.5, 0.6) is 5.75 Å². The SMILES string of the molecule is COc1ccc([Si](C)(C)[C@H]2[C@H](CCn3cc(C(CO)c4ccccc4)nn3)O[C@@]3(C(=O)N(Cc4ccc(N5CCCCCCC5=O)cc4)c4ccc(N5CCCCCCC5=O)cc43)[C@@H]2C)cc1. The first-order valence-electron chi connectivity index (χ1n) is 24.6. The van der Waals surface area contributed by atoms with Gasteiger partial charge in [-0.05, 0) is 91.2 Å². The Kier molecular flexibility index (Phi) is 13.8. The molecule has 13 heteroatoms. The van der Waals surface area contributed by atoms with Crippen molar-refractivity contribution in [1.82, 2.24) is 15.0 Å². The number of aliphatic hydroxyl groups is 1. The fourth-order valence-electron chi connectivity index (χ4n) is 11.6. The van der Waals surface area contributed by atoms with Crippen molar-refractivity contribution in [3.05, 3.63) is 126 Å². The zero-order chi connectivity index (χ0) is 46.7. The zero-order valence-corrected chi connectivity index (χ0v) is 40.6. The molecule has 0 aliphatic carbocycles. The summed E-state index contributed by atoms with van der Waals surface area (Å²) in [6, 6.07) is 32.5. The second-order valence-corrected chi connectivity index (χ2v) is 24.4. The van der Waals surface area contributed by atoms with E-state index in [1.165, 1.54) is 5.19 Å². The summed E-state index contributed by atoms with van der Waals surface area (Å²) in [7, 11) is -0.801. The smallest absolute Gasteiger partial charge is 0.264 e. The van der Waals surface area contributed by atoms with Crippen LogP contribution in [-0.2, 0) is 37.8 Å². The Bertz CT molecular complexity index is 2530. The van der Waals surface area contributed by atoms with Gasteiger partial charge in [0, 0.05) is 61.5 Å². The van der Waals surface area contributed by atoms with Gasteiger partial charge in [-0.1, -0.05) is 111 Å². The number of aryl methyl sites for hydroxylation is 1. The molecule has 0 bridgehead atoms. The summed E-state index contributed by atoms with van der Waals surface area (Å²) in [5, 5.41) is 20.8. The number of carbonyl (C=O) groups is 3. The highest BCUT2D eigenvalue weighted by Crippen LogP contribution is 2.60. The molecule has 4 aliphatic heterocycles. The Hall–Kier alpha value is -5.63. The fourth-order valence-corrected chi connectivity index (χ4v) is 15.7. The minimum absolute atomic E-state index is 0.0169. The first-order valence-corrected chi connectivity index (χ1v) is 27.7. The summed E-state index contributed by atoms with van der Waals surface area (Å²) in [6.07, 6.45) is 11.3. The number of aromatic nitrogens is 3. The number of ether oxygens (including phenoxy) is 2. The number of methoxy groups -OCH3 is 1. The first-order chi connectivity index (χ1) is 32.5. The van der Waals surface area contributed by atoms with E-state index in [4.69, 9.17) is 9.47 Å². The molecule has 5 atom stereocenters. The third kappa shape index (κ3) is 9.10. The lowest BCUT2D eigenvalue weighted by molar-refractivity contribution is -0.146. The lowest BCUT2D eigenvalue weighted by atomic mass is 9.82. The van der Waals surface area contributed by atoms with E-state index in [0.29, 0.717) is 51.1 Å². The van der Waals surface area contributed by atoms with Gasteiger partial charge in [0.25, 0.3) is 5.91 Å². The van der Waals surface area contributed by atoms with E-state index in [-0.39, 0.29) is 47.8 Å². The van der Waals surface area contributed by atoms with Crippen molar-refractivity contribution < 1.29 is 29.0 Å². The van der Waals surface area contributed by atoms with Crippen molar-refractivity contribution in [3.63, 3.8) is 0 Å². The first kappa shape index (κ1) is 46.5. The third-order valence-corrected chi connectivity index (χ3v) is 19.7. The number of amides is 3. The normalized spacial score (nSPS) is 23.2. The van der Waals surface area contributed by atoms with E-state index < -0.39 is 13.7 Å². The lowest BCUT2D eigenvalue weighted by Crippen LogP contribution is -2.51. The van der Waals surface area contributed by atoms with Gasteiger partial charge in [-0.3, -0.25) is 19.1 Å². The van der Waals surface area contributed by atoms with Gasteiger partial charge in [-0.15, -0.1) is 5.10 Å². The van der Waals surface area contributed by atoms with Crippen LogP contribution in [-0.4, -0.2) is 78.8 Å². The van der Waals surface area contributed by atoms with Gasteiger partial charge in [-0.2, -0.15) is 0 Å². The summed E-state index contributed by atoms with van der Waals surface area (Å²) in [5.74, 6) is 0.411. The minimum atomic E-state index is -2.48. The second-order valence-electron chi connectivity index (χ2n) is 19.7. The van der Waals surface area contributed by atoms with Crippen LogP contribution in [0.3, 0.4) is 0 Å². The largest absolute Gasteiger partial charge is 0.497 e. The molecule has 0 radical (unpaired) electrons. The molecular formula is C54H66N6O6Si. The summed E-state index contributed by atoms with van der Waals surface area (Å²) < 4.78 is 15.0. The Labute approximate surface area is 396 Å². The number of hydrogen-bond donors (Lipinski definition) is 1. The topological polar surface area (TPSA) is 130 Å². The molecular weight excluding hydrogens is 857 g/mol. The van der Waals surface area contributed by atoms with Crippen LogP contribution in [0.25, 0.3) is 0 Å². The number of carbonyl (C=O) groups excluding carboxylic acids is 3. The number of rotatable bonds is 13. The molecule has 67 heavy (non-hydrogen) atoms. The number of anilines is 3. The van der Waals surface area contributed by atoms with Gasteiger partial charge in [-0.25, -0.2) is 0 Å². The Morgan fingerprint density at radius 1 is 0.806 bits per heavy atom. The van der Waals surface area contributed by atoms with Crippen molar-refractivity contribution in [3.8, 4) is 5.75 Å². The molecule has 5 heterocycles. The summed E-state index contributed by atoms with van der Waals surface area (Å²) >= 11 is 0. The van der Waals surface area contributed by atoms with E-state index in [1.807, 2.05) is 104 Å². The third-order valence-electron chi connectivity index (χ3n) is 15.3. The highest BCUT2D eigenvalue weighted by atomic mass is 28.3. The highest BCUT2D eigenvalue weighted by molar-refractivity contribution is 6.91. The molecule has 3 fully saturated rings. The highest BCUT2D eigenvalue weighted by Gasteiger charge is 2.66. The number of hydrogen-bond acceptors (Lipinski definition) is 8. The van der Waals surface area contributed by atoms with Gasteiger partial charge in [0.05, 0.1) is 51.7 Å². The van der Waals surface area contributed by atoms with Gasteiger partial charge < -0.3 is 29.3 Å². The van der Waals surface area contributed by atoms with Crippen LogP contribution in [0.4, 0.5) is 17.1 Å². The van der Waals surface area contributed by atoms with Gasteiger partial charge in [0.2, 0.25) is 11.8 Å². The molecule has 12 nitrogen and oxygen atoms in total. The van der Waals surface area contributed by atoms with Crippen LogP contribution in [0.15, 0.2) is 103 Å². The van der Waals surface area contributed by atoms with Crippen LogP contribution in [0.1, 0.15) is 106 Å². The zero-order valence-electron chi connectivity index (χ0n) is 39.6. The molecule has 9 rings (SSSR count). The molecule has 1 aromatic heterocycles. The number of nitrogens with zero attached hydrogens (tertiary/aromatic N) is 6. The maximum absolute atomic E-state index is 15.9. The molecule has 0 saturated carbocycles. The van der Waals surface area contributed by atoms with E-state index >= 15 is 4.79 Å². The molecule has 4 aliphatic rings. The average Bonchev–Trinajstić information content (AvgIpc) is 3.99. The van der Waals surface area contributed by atoms with Crippen molar-refractivity contribution in [2.45, 2.75) is 127 Å². The molecule has 3 saturated heterocycles. The van der Waals surface area contributed by atoms with Crippen molar-refractivity contribution in [1.29, 1.82) is 0 Å². The van der Waals surface area contributed by atoms with Gasteiger partial charge >= 0.3 is 0 Å². The van der Waals surface area contributed by atoms with Crippen molar-refractivity contribution >= 4 is 48.0 Å². The molecule has 352 valence electrons. The van der Waals surface area contributed by atoms with E-state index in [0.717, 1.165) is 90.9 Å². The Morgan fingerprint density at radius 2 is 1.45 bits per heavy atom. The summed E-state index contributed by atoms with van der Waals surface area (Å²) in [6.45, 7) is 9.05. The number of fused-ring (bicyclic) bond motifs is 2. The second kappa shape index (κ2) is 19.9. The maximum atomic E-state index is 15.9. The van der Waals surface area contributed by atoms with E-state index in [9.17, 15) is 14.7 Å². The summed E-state index contributed by atoms with van der Waals surface area (Å²) in [5.41, 5.74) is 4.56. The molecule has 3 amide bonds. The summed E-state index contributed by atoms with van der Waals surface area (Å²) in [4.78, 5) is 48.5. The van der Waals surface area contributed by atoms with E-state index in [2.05, 4.69) is 48.5 Å². The molecule has 4 aromatic carbocycles. The predicted octanol–water partition coefficient (Wildman–Crippen LogP) is 8.86. The average molecular weight is 923 g/mol.